The number of nitrogens with zero attached hydrogens (tertiary/aromatic N) is 5. The summed E-state index contributed by atoms with van der Waals surface area (Å²) >= 11 is 0. The molecule has 1 fully saturated rings. The maximum absolute atomic E-state index is 12.4. The Morgan fingerprint density at radius 1 is 1.29 bits per heavy atom. The van der Waals surface area contributed by atoms with Gasteiger partial charge in [0.2, 0.25) is 5.91 Å². The van der Waals surface area contributed by atoms with Crippen molar-refractivity contribution in [2.45, 2.75) is 65.2 Å². The first kappa shape index (κ1) is 18.6. The van der Waals surface area contributed by atoms with Gasteiger partial charge >= 0.3 is 0 Å². The van der Waals surface area contributed by atoms with Crippen LogP contribution in [0.2, 0.25) is 0 Å². The highest BCUT2D eigenvalue weighted by Gasteiger charge is 2.16. The Bertz CT molecular complexity index is 968. The molecule has 1 amide bonds. The predicted octanol–water partition coefficient (Wildman–Crippen LogP) is 3.16. The highest BCUT2D eigenvalue weighted by Crippen LogP contribution is 2.26. The van der Waals surface area contributed by atoms with Crippen LogP contribution in [0.1, 0.15) is 61.2 Å². The SMILES string of the molecule is Cc1nc2ncnn2c(C)c1CCC(=O)Nc1cc(CC2CCCCC2)[nH]n1. The first-order chi connectivity index (χ1) is 13.6. The van der Waals surface area contributed by atoms with E-state index >= 15 is 0 Å². The minimum Gasteiger partial charge on any atom is -0.309 e. The highest BCUT2D eigenvalue weighted by molar-refractivity contribution is 5.89. The molecule has 0 spiro atoms. The number of H-pyrrole nitrogens is 1. The van der Waals surface area contributed by atoms with Crippen molar-refractivity contribution in [2.24, 2.45) is 5.92 Å². The Balaban J connectivity index is 1.34. The lowest BCUT2D eigenvalue weighted by Gasteiger charge is -2.20. The van der Waals surface area contributed by atoms with E-state index in [-0.39, 0.29) is 5.91 Å². The van der Waals surface area contributed by atoms with Crippen LogP contribution in [-0.4, -0.2) is 35.7 Å². The fraction of sp³-hybridized carbons (Fsp3) is 0.550. The Labute approximate surface area is 164 Å². The topological polar surface area (TPSA) is 101 Å². The molecular weight excluding hydrogens is 354 g/mol. The van der Waals surface area contributed by atoms with Crippen LogP contribution in [0.4, 0.5) is 5.82 Å². The van der Waals surface area contributed by atoms with Crippen molar-refractivity contribution >= 4 is 17.5 Å². The van der Waals surface area contributed by atoms with Gasteiger partial charge in [-0.25, -0.2) is 9.50 Å². The van der Waals surface area contributed by atoms with E-state index in [4.69, 9.17) is 0 Å². The van der Waals surface area contributed by atoms with Crippen molar-refractivity contribution in [1.29, 1.82) is 0 Å². The molecule has 148 valence electrons. The van der Waals surface area contributed by atoms with Gasteiger partial charge in [0.25, 0.3) is 5.78 Å². The van der Waals surface area contributed by atoms with E-state index in [2.05, 4.69) is 30.6 Å². The van der Waals surface area contributed by atoms with Crippen LogP contribution in [0.15, 0.2) is 12.4 Å². The Morgan fingerprint density at radius 3 is 2.93 bits per heavy atom. The molecule has 8 nitrogen and oxygen atoms in total. The van der Waals surface area contributed by atoms with Crippen molar-refractivity contribution in [3.05, 3.63) is 35.0 Å². The molecule has 0 aromatic carbocycles. The zero-order chi connectivity index (χ0) is 19.5. The number of hydrogen-bond donors (Lipinski definition) is 2. The van der Waals surface area contributed by atoms with Crippen molar-refractivity contribution in [3.8, 4) is 0 Å². The molecule has 0 radical (unpaired) electrons. The number of fused-ring (bicyclic) bond motifs is 1. The van der Waals surface area contributed by atoms with Gasteiger partial charge < -0.3 is 5.32 Å². The highest BCUT2D eigenvalue weighted by atomic mass is 16.1. The van der Waals surface area contributed by atoms with E-state index in [0.29, 0.717) is 24.4 Å². The molecule has 0 unspecified atom stereocenters. The van der Waals surface area contributed by atoms with Crippen molar-refractivity contribution in [2.75, 3.05) is 5.32 Å². The smallest absolute Gasteiger partial charge is 0.252 e. The van der Waals surface area contributed by atoms with Crippen LogP contribution in [0.5, 0.6) is 0 Å². The van der Waals surface area contributed by atoms with E-state index in [0.717, 1.165) is 35.0 Å². The number of aryl methyl sites for hydroxylation is 2. The molecule has 1 saturated carbocycles. The summed E-state index contributed by atoms with van der Waals surface area (Å²) in [6.07, 6.45) is 10.1. The quantitative estimate of drug-likeness (QED) is 0.683. The predicted molar refractivity (Wildman–Crippen MR) is 106 cm³/mol. The lowest BCUT2D eigenvalue weighted by molar-refractivity contribution is -0.116. The number of carbonyl (C=O) groups excluding carboxylic acids is 1. The van der Waals surface area contributed by atoms with Gasteiger partial charge in [0.15, 0.2) is 5.82 Å². The van der Waals surface area contributed by atoms with Crippen molar-refractivity contribution in [1.82, 2.24) is 29.8 Å². The third-order valence-corrected chi connectivity index (χ3v) is 5.72. The third-order valence-electron chi connectivity index (χ3n) is 5.72. The first-order valence-electron chi connectivity index (χ1n) is 10.1. The van der Waals surface area contributed by atoms with Crippen molar-refractivity contribution in [3.63, 3.8) is 0 Å². The molecule has 0 aliphatic heterocycles. The number of rotatable bonds is 6. The average molecular weight is 381 g/mol. The number of nitrogens with one attached hydrogen (secondary N) is 2. The Morgan fingerprint density at radius 2 is 2.11 bits per heavy atom. The van der Waals surface area contributed by atoms with Gasteiger partial charge in [0.05, 0.1) is 0 Å². The maximum Gasteiger partial charge on any atom is 0.252 e. The maximum atomic E-state index is 12.4. The van der Waals surface area contributed by atoms with Gasteiger partial charge in [-0.3, -0.25) is 9.89 Å². The molecule has 28 heavy (non-hydrogen) atoms. The largest absolute Gasteiger partial charge is 0.309 e. The number of aromatic nitrogens is 6. The summed E-state index contributed by atoms with van der Waals surface area (Å²) in [5.41, 5.74) is 4.01. The van der Waals surface area contributed by atoms with E-state index < -0.39 is 0 Å². The van der Waals surface area contributed by atoms with Crippen LogP contribution in [0.3, 0.4) is 0 Å². The third kappa shape index (κ3) is 4.05. The van der Waals surface area contributed by atoms with Crippen molar-refractivity contribution < 1.29 is 4.79 Å². The summed E-state index contributed by atoms with van der Waals surface area (Å²) in [5, 5.41) is 14.4. The fourth-order valence-electron chi connectivity index (χ4n) is 4.19. The monoisotopic (exact) mass is 381 g/mol. The molecular formula is C20H27N7O. The summed E-state index contributed by atoms with van der Waals surface area (Å²) < 4.78 is 1.71. The second-order valence-corrected chi connectivity index (χ2v) is 7.77. The summed E-state index contributed by atoms with van der Waals surface area (Å²) in [5.74, 6) is 1.88. The standard InChI is InChI=1S/C20H27N7O/c1-13-17(14(2)27-20(23-13)21-12-22-27)8-9-19(28)24-18-11-16(25-26-18)10-15-6-4-3-5-7-15/h11-12,15H,3-10H2,1-2H3,(H2,24,25,26,28). The number of amides is 1. The Kier molecular flexibility index (Phi) is 5.36. The molecule has 1 aliphatic carbocycles. The summed E-state index contributed by atoms with van der Waals surface area (Å²) in [7, 11) is 0. The molecule has 3 aromatic heterocycles. The van der Waals surface area contributed by atoms with Gasteiger partial charge in [-0.1, -0.05) is 32.1 Å². The molecule has 4 rings (SSSR count). The number of carbonyl (C=O) groups is 1. The second-order valence-electron chi connectivity index (χ2n) is 7.77. The van der Waals surface area contributed by atoms with Crippen LogP contribution in [0.25, 0.3) is 5.78 Å². The lowest BCUT2D eigenvalue weighted by Crippen LogP contribution is -2.14. The molecule has 2 N–H and O–H groups in total. The zero-order valence-corrected chi connectivity index (χ0v) is 16.5. The van der Waals surface area contributed by atoms with Gasteiger partial charge in [0, 0.05) is 29.6 Å². The van der Waals surface area contributed by atoms with E-state index in [1.165, 1.54) is 38.4 Å². The van der Waals surface area contributed by atoms with E-state index in [1.54, 1.807) is 4.52 Å². The number of anilines is 1. The van der Waals surface area contributed by atoms with Crippen LogP contribution in [0, 0.1) is 19.8 Å². The molecule has 8 heteroatoms. The van der Waals surface area contributed by atoms with Gasteiger partial charge in [-0.15, -0.1) is 0 Å². The summed E-state index contributed by atoms with van der Waals surface area (Å²) in [4.78, 5) is 21.0. The molecule has 3 heterocycles. The van der Waals surface area contributed by atoms with Crippen LogP contribution >= 0.6 is 0 Å². The van der Waals surface area contributed by atoms with Crippen LogP contribution in [-0.2, 0) is 17.6 Å². The van der Waals surface area contributed by atoms with Gasteiger partial charge in [-0.2, -0.15) is 15.2 Å². The minimum atomic E-state index is -0.0480. The Hall–Kier alpha value is -2.77. The number of hydrogen-bond acceptors (Lipinski definition) is 5. The van der Waals surface area contributed by atoms with Gasteiger partial charge in [-0.05, 0) is 38.2 Å². The molecule has 1 aliphatic rings. The normalized spacial score (nSPS) is 15.2. The zero-order valence-electron chi connectivity index (χ0n) is 16.5. The molecule has 0 atom stereocenters. The molecule has 0 saturated heterocycles. The second kappa shape index (κ2) is 8.08. The first-order valence-corrected chi connectivity index (χ1v) is 10.1. The fourth-order valence-corrected chi connectivity index (χ4v) is 4.19. The van der Waals surface area contributed by atoms with Gasteiger partial charge in [0.1, 0.15) is 6.33 Å². The number of aromatic amines is 1. The average Bonchev–Trinajstić information content (AvgIpc) is 3.32. The molecule has 0 bridgehead atoms. The summed E-state index contributed by atoms with van der Waals surface area (Å²) in [6.45, 7) is 3.93. The molecule has 3 aromatic rings. The lowest BCUT2D eigenvalue weighted by atomic mass is 9.86. The van der Waals surface area contributed by atoms with E-state index in [9.17, 15) is 4.79 Å². The van der Waals surface area contributed by atoms with E-state index in [1.807, 2.05) is 19.9 Å². The summed E-state index contributed by atoms with van der Waals surface area (Å²) in [6, 6.07) is 1.96. The van der Waals surface area contributed by atoms with Crippen LogP contribution < -0.4 is 5.32 Å². The minimum absolute atomic E-state index is 0.0480.